The number of rotatable bonds is 3. The maximum Gasteiger partial charge on any atom is 0.267 e. The summed E-state index contributed by atoms with van der Waals surface area (Å²) in [4.78, 5) is 24.6. The summed E-state index contributed by atoms with van der Waals surface area (Å²) < 4.78 is 14.2. The SMILES string of the molecule is CCC1=C(N2CC3(COc4ccccc4O3)C2)N=c2c(c3[nH]ncc3c(=O)n2-c2ccc3cc[nH]c3c2)=CC1. The lowest BCUT2D eigenvalue weighted by atomic mass is 9.92. The van der Waals surface area contributed by atoms with Crippen LogP contribution in [-0.2, 0) is 0 Å². The number of allylic oxidation sites excluding steroid dienone is 1. The number of likely N-dealkylation sites (tertiary alicyclic amines) is 1. The maximum absolute atomic E-state index is 13.9. The third kappa shape index (κ3) is 3.29. The van der Waals surface area contributed by atoms with Gasteiger partial charge in [-0.05, 0) is 54.1 Å². The zero-order valence-electron chi connectivity index (χ0n) is 21.4. The molecule has 194 valence electrons. The Bertz CT molecular complexity index is 2010. The van der Waals surface area contributed by atoms with Crippen LogP contribution in [0.5, 0.6) is 11.5 Å². The van der Waals surface area contributed by atoms with Crippen molar-refractivity contribution in [3.63, 3.8) is 0 Å². The van der Waals surface area contributed by atoms with Gasteiger partial charge in [0.25, 0.3) is 5.56 Å². The van der Waals surface area contributed by atoms with Crippen molar-refractivity contribution < 1.29 is 9.47 Å². The van der Waals surface area contributed by atoms with E-state index in [-0.39, 0.29) is 5.56 Å². The molecular formula is C30H26N6O3. The molecule has 3 aromatic heterocycles. The molecule has 8 rings (SSSR count). The average molecular weight is 519 g/mol. The molecule has 2 aromatic carbocycles. The summed E-state index contributed by atoms with van der Waals surface area (Å²) >= 11 is 0. The molecule has 1 spiro atoms. The topological polar surface area (TPSA) is 101 Å². The fraction of sp³-hybridized carbons (Fsp3) is 0.233. The Morgan fingerprint density at radius 3 is 2.85 bits per heavy atom. The summed E-state index contributed by atoms with van der Waals surface area (Å²) in [7, 11) is 0. The summed E-state index contributed by atoms with van der Waals surface area (Å²) in [5.41, 5.74) is 3.68. The van der Waals surface area contributed by atoms with Gasteiger partial charge in [0, 0.05) is 16.9 Å². The van der Waals surface area contributed by atoms with Gasteiger partial charge in [-0.15, -0.1) is 0 Å². The Labute approximate surface area is 222 Å². The highest BCUT2D eigenvalue weighted by Gasteiger charge is 2.50. The summed E-state index contributed by atoms with van der Waals surface area (Å²) in [6.45, 7) is 3.96. The highest BCUT2D eigenvalue weighted by atomic mass is 16.6. The number of benzene rings is 2. The predicted octanol–water partition coefficient (Wildman–Crippen LogP) is 3.15. The van der Waals surface area contributed by atoms with Crippen molar-refractivity contribution in [2.45, 2.75) is 25.4 Å². The number of nitrogens with zero attached hydrogens (tertiary/aromatic N) is 4. The van der Waals surface area contributed by atoms with Crippen LogP contribution in [0.1, 0.15) is 19.8 Å². The second-order valence-electron chi connectivity index (χ2n) is 10.5. The van der Waals surface area contributed by atoms with Gasteiger partial charge in [-0.3, -0.25) is 14.5 Å². The van der Waals surface area contributed by atoms with Crippen LogP contribution in [-0.4, -0.2) is 49.9 Å². The van der Waals surface area contributed by atoms with Gasteiger partial charge in [0.2, 0.25) is 0 Å². The molecule has 2 N–H and O–H groups in total. The lowest BCUT2D eigenvalue weighted by Crippen LogP contribution is -2.68. The Hall–Kier alpha value is -4.79. The van der Waals surface area contributed by atoms with Crippen molar-refractivity contribution in [3.05, 3.63) is 93.4 Å². The number of para-hydroxylation sites is 2. The lowest BCUT2D eigenvalue weighted by Gasteiger charge is -2.52. The maximum atomic E-state index is 13.9. The van der Waals surface area contributed by atoms with Gasteiger partial charge in [0.1, 0.15) is 12.4 Å². The number of hydrogen-bond acceptors (Lipinski definition) is 6. The van der Waals surface area contributed by atoms with E-state index in [2.05, 4.69) is 33.1 Å². The largest absolute Gasteiger partial charge is 0.485 e. The molecule has 9 heteroatoms. The van der Waals surface area contributed by atoms with E-state index in [0.717, 1.165) is 52.0 Å². The standard InChI is InChI=1S/C30H26N6O3/c1-2-18-8-10-21-26-22(14-32-34-26)29(37)36(20-9-7-19-11-12-31-23(19)13-20)28(21)33-27(18)35-15-30(16-35)17-38-24-5-3-4-6-25(24)39-30/h3-7,9-14,31H,2,8,15-17H2,1H3,(H,32,34). The second-order valence-corrected chi connectivity index (χ2v) is 10.5. The molecule has 0 radical (unpaired) electrons. The lowest BCUT2D eigenvalue weighted by molar-refractivity contribution is -0.104. The number of fused-ring (bicyclic) bond motifs is 5. The van der Waals surface area contributed by atoms with E-state index in [1.54, 1.807) is 10.8 Å². The number of hydrogen-bond donors (Lipinski definition) is 2. The first kappa shape index (κ1) is 22.2. The van der Waals surface area contributed by atoms with Crippen molar-refractivity contribution in [3.8, 4) is 17.2 Å². The van der Waals surface area contributed by atoms with Crippen molar-refractivity contribution in [2.75, 3.05) is 19.7 Å². The fourth-order valence-electron chi connectivity index (χ4n) is 5.99. The Morgan fingerprint density at radius 1 is 1.10 bits per heavy atom. The van der Waals surface area contributed by atoms with Gasteiger partial charge in [0.05, 0.1) is 35.9 Å². The molecular weight excluding hydrogens is 492 g/mol. The Morgan fingerprint density at radius 2 is 1.97 bits per heavy atom. The van der Waals surface area contributed by atoms with E-state index in [0.29, 0.717) is 36.1 Å². The van der Waals surface area contributed by atoms with E-state index in [9.17, 15) is 4.79 Å². The monoisotopic (exact) mass is 518 g/mol. The third-order valence-corrected chi connectivity index (χ3v) is 8.02. The Balaban J connectivity index is 1.28. The molecule has 0 saturated carbocycles. The number of aromatic amines is 2. The summed E-state index contributed by atoms with van der Waals surface area (Å²) in [6, 6.07) is 15.8. The molecule has 6 heterocycles. The molecule has 0 unspecified atom stereocenters. The fourth-order valence-corrected chi connectivity index (χ4v) is 5.99. The first-order chi connectivity index (χ1) is 19.1. The van der Waals surface area contributed by atoms with E-state index in [1.807, 2.05) is 54.7 Å². The van der Waals surface area contributed by atoms with Gasteiger partial charge in [-0.25, -0.2) is 4.99 Å². The highest BCUT2D eigenvalue weighted by Crippen LogP contribution is 2.40. The molecule has 0 bridgehead atoms. The second kappa shape index (κ2) is 8.10. The normalized spacial score (nSPS) is 17.5. The molecule has 0 aliphatic carbocycles. The van der Waals surface area contributed by atoms with Crippen LogP contribution < -0.4 is 25.7 Å². The molecule has 1 saturated heterocycles. The van der Waals surface area contributed by atoms with Crippen LogP contribution in [0.3, 0.4) is 0 Å². The first-order valence-electron chi connectivity index (χ1n) is 13.2. The van der Waals surface area contributed by atoms with Gasteiger partial charge in [-0.2, -0.15) is 5.10 Å². The molecule has 9 nitrogen and oxygen atoms in total. The van der Waals surface area contributed by atoms with Crippen molar-refractivity contribution >= 4 is 27.9 Å². The summed E-state index contributed by atoms with van der Waals surface area (Å²) in [5, 5.41) is 9.78. The number of ether oxygens (including phenoxy) is 2. The first-order valence-corrected chi connectivity index (χ1v) is 13.2. The minimum Gasteiger partial charge on any atom is -0.485 e. The molecule has 0 amide bonds. The van der Waals surface area contributed by atoms with E-state index in [4.69, 9.17) is 14.5 Å². The minimum atomic E-state index is -0.416. The highest BCUT2D eigenvalue weighted by molar-refractivity contribution is 5.82. The molecule has 3 aliphatic rings. The smallest absolute Gasteiger partial charge is 0.267 e. The van der Waals surface area contributed by atoms with E-state index in [1.165, 1.54) is 5.57 Å². The average Bonchev–Trinajstić information content (AvgIpc) is 3.58. The third-order valence-electron chi connectivity index (χ3n) is 8.02. The van der Waals surface area contributed by atoms with Crippen LogP contribution in [0, 0.1) is 0 Å². The van der Waals surface area contributed by atoms with Crippen molar-refractivity contribution in [1.82, 2.24) is 24.6 Å². The van der Waals surface area contributed by atoms with E-state index < -0.39 is 5.60 Å². The molecule has 3 aliphatic heterocycles. The van der Waals surface area contributed by atoms with Gasteiger partial charge < -0.3 is 19.4 Å². The Kier molecular flexibility index (Phi) is 4.62. The van der Waals surface area contributed by atoms with Crippen LogP contribution >= 0.6 is 0 Å². The molecule has 0 atom stereocenters. The number of H-pyrrole nitrogens is 2. The molecule has 1 fully saturated rings. The van der Waals surface area contributed by atoms with Crippen LogP contribution in [0.4, 0.5) is 0 Å². The zero-order valence-corrected chi connectivity index (χ0v) is 21.4. The van der Waals surface area contributed by atoms with Gasteiger partial charge >= 0.3 is 0 Å². The minimum absolute atomic E-state index is 0.152. The van der Waals surface area contributed by atoms with Crippen LogP contribution in [0.25, 0.3) is 33.6 Å². The summed E-state index contributed by atoms with van der Waals surface area (Å²) in [6.07, 6.45) is 7.25. The molecule has 5 aromatic rings. The molecule has 39 heavy (non-hydrogen) atoms. The van der Waals surface area contributed by atoms with E-state index >= 15 is 0 Å². The van der Waals surface area contributed by atoms with Crippen LogP contribution in [0.2, 0.25) is 0 Å². The van der Waals surface area contributed by atoms with Gasteiger partial charge in [0.15, 0.2) is 22.6 Å². The van der Waals surface area contributed by atoms with Crippen LogP contribution in [0.15, 0.2) is 82.1 Å². The summed E-state index contributed by atoms with van der Waals surface area (Å²) in [5.74, 6) is 2.46. The van der Waals surface area contributed by atoms with Gasteiger partial charge in [-0.1, -0.05) is 31.2 Å². The van der Waals surface area contributed by atoms with Crippen molar-refractivity contribution in [1.29, 1.82) is 0 Å². The zero-order chi connectivity index (χ0) is 26.1. The van der Waals surface area contributed by atoms with Crippen molar-refractivity contribution in [2.24, 2.45) is 4.99 Å². The predicted molar refractivity (Wildman–Crippen MR) is 148 cm³/mol. The quantitative estimate of drug-likeness (QED) is 0.382. The number of pyridine rings is 1. The number of aromatic nitrogens is 4. The number of nitrogens with one attached hydrogen (secondary N) is 2.